The third-order valence-electron chi connectivity index (χ3n) is 6.59. The van der Waals surface area contributed by atoms with Crippen molar-refractivity contribution < 1.29 is 22.7 Å². The van der Waals surface area contributed by atoms with Crippen LogP contribution >= 0.6 is 11.6 Å². The van der Waals surface area contributed by atoms with Gasteiger partial charge in [-0.2, -0.15) is 0 Å². The van der Waals surface area contributed by atoms with Crippen molar-refractivity contribution in [3.63, 3.8) is 0 Å². The molecule has 2 aromatic rings. The number of amides is 2. The Labute approximate surface area is 197 Å². The Morgan fingerprint density at radius 2 is 1.88 bits per heavy atom. The van der Waals surface area contributed by atoms with Gasteiger partial charge < -0.3 is 20.7 Å². The summed E-state index contributed by atoms with van der Waals surface area (Å²) in [5.41, 5.74) is 7.36. The fraction of sp³-hybridized carbons (Fsp3) is 0.391. The molecule has 33 heavy (non-hydrogen) atoms. The van der Waals surface area contributed by atoms with Gasteiger partial charge in [-0.15, -0.1) is 0 Å². The van der Waals surface area contributed by atoms with E-state index in [4.69, 9.17) is 22.1 Å². The summed E-state index contributed by atoms with van der Waals surface area (Å²) in [5.74, 6) is -1.31. The molecular weight excluding hydrogens is 466 g/mol. The second-order valence-electron chi connectivity index (χ2n) is 9.19. The number of hydrogen-bond acceptors (Lipinski definition) is 6. The number of carbonyl (C=O) groups is 2. The normalized spacial score (nSPS) is 23.3. The van der Waals surface area contributed by atoms with Gasteiger partial charge in [0.2, 0.25) is 5.91 Å². The van der Waals surface area contributed by atoms with Crippen LogP contribution in [-0.4, -0.2) is 51.3 Å². The van der Waals surface area contributed by atoms with Crippen molar-refractivity contribution in [1.29, 1.82) is 0 Å². The maximum absolute atomic E-state index is 13.1. The molecule has 2 aliphatic heterocycles. The molecule has 0 radical (unpaired) electrons. The summed E-state index contributed by atoms with van der Waals surface area (Å²) in [6.45, 7) is 1.57. The van der Waals surface area contributed by atoms with Crippen LogP contribution in [0.15, 0.2) is 47.4 Å². The number of carbonyl (C=O) groups excluding carboxylic acids is 2. The van der Waals surface area contributed by atoms with Gasteiger partial charge in [0.25, 0.3) is 5.91 Å². The molecule has 0 unspecified atom stereocenters. The summed E-state index contributed by atoms with van der Waals surface area (Å²) in [7, 11) is -3.82. The Balaban J connectivity index is 1.46. The van der Waals surface area contributed by atoms with E-state index < -0.39 is 27.5 Å². The number of nitrogens with zero attached hydrogens (tertiary/aromatic N) is 1. The first-order chi connectivity index (χ1) is 15.7. The molecule has 174 valence electrons. The van der Waals surface area contributed by atoms with E-state index in [0.717, 1.165) is 31.6 Å². The number of fused-ring (bicyclic) bond motifs is 1. The van der Waals surface area contributed by atoms with Gasteiger partial charge in [-0.1, -0.05) is 23.7 Å². The number of hydrogen-bond donors (Lipinski definition) is 2. The fourth-order valence-electron chi connectivity index (χ4n) is 4.77. The highest BCUT2D eigenvalue weighted by Gasteiger charge is 2.50. The summed E-state index contributed by atoms with van der Waals surface area (Å²) >= 11 is 5.96. The number of anilines is 1. The maximum atomic E-state index is 13.1. The smallest absolute Gasteiger partial charge is 0.251 e. The summed E-state index contributed by atoms with van der Waals surface area (Å²) in [6, 6.07) is 10.1. The number of ether oxygens (including phenoxy) is 1. The van der Waals surface area contributed by atoms with E-state index in [1.807, 2.05) is 0 Å². The van der Waals surface area contributed by atoms with Crippen LogP contribution in [0.5, 0.6) is 0 Å². The molecule has 2 fully saturated rings. The average Bonchev–Trinajstić information content (AvgIpc) is 2.78. The Morgan fingerprint density at radius 3 is 2.52 bits per heavy atom. The topological polar surface area (TPSA) is 119 Å². The average molecular weight is 490 g/mol. The van der Waals surface area contributed by atoms with Crippen molar-refractivity contribution in [2.24, 2.45) is 11.1 Å². The summed E-state index contributed by atoms with van der Waals surface area (Å²) in [6.07, 6.45) is 1.74. The fourth-order valence-corrected chi connectivity index (χ4v) is 6.45. The zero-order valence-corrected chi connectivity index (χ0v) is 19.4. The standard InChI is InChI=1S/C23H24ClN3O5S/c24-16-4-1-14(2-5-16)10-27-19-7-15(21(28)26-17-8-23(9-17)12-32-13-23)3-6-20(19)33(30,31)11-18(25)22(27)29/h1-7,17-18H,8-13,25H2,(H,26,28)/t18-/m0/s1. The molecule has 0 bridgehead atoms. The van der Waals surface area contributed by atoms with E-state index in [9.17, 15) is 18.0 Å². The van der Waals surface area contributed by atoms with Crippen LogP contribution in [0.1, 0.15) is 28.8 Å². The minimum Gasteiger partial charge on any atom is -0.380 e. The summed E-state index contributed by atoms with van der Waals surface area (Å²) in [4.78, 5) is 27.3. The Hall–Kier alpha value is -2.46. The molecule has 1 saturated carbocycles. The number of benzene rings is 2. The zero-order valence-electron chi connectivity index (χ0n) is 17.8. The molecule has 8 nitrogen and oxygen atoms in total. The number of sulfone groups is 1. The summed E-state index contributed by atoms with van der Waals surface area (Å²) < 4.78 is 31.1. The van der Waals surface area contributed by atoms with Gasteiger partial charge in [0.05, 0.1) is 42.1 Å². The van der Waals surface area contributed by atoms with Gasteiger partial charge in [0.15, 0.2) is 9.84 Å². The lowest BCUT2D eigenvalue weighted by atomic mass is 9.64. The van der Waals surface area contributed by atoms with Crippen LogP contribution in [-0.2, 0) is 25.9 Å². The van der Waals surface area contributed by atoms with Gasteiger partial charge >= 0.3 is 0 Å². The zero-order chi connectivity index (χ0) is 23.4. The van der Waals surface area contributed by atoms with Gasteiger partial charge in [0.1, 0.15) is 0 Å². The van der Waals surface area contributed by atoms with E-state index in [2.05, 4.69) is 5.32 Å². The first kappa shape index (κ1) is 22.3. The molecule has 5 rings (SSSR count). The monoisotopic (exact) mass is 489 g/mol. The molecule has 2 amide bonds. The van der Waals surface area contributed by atoms with E-state index in [-0.39, 0.29) is 34.5 Å². The summed E-state index contributed by atoms with van der Waals surface area (Å²) in [5, 5.41) is 3.55. The number of halogens is 1. The molecular formula is C23H24ClN3O5S. The van der Waals surface area contributed by atoms with E-state index in [1.54, 1.807) is 24.3 Å². The van der Waals surface area contributed by atoms with Crippen molar-refractivity contribution in [2.75, 3.05) is 23.9 Å². The van der Waals surface area contributed by atoms with Gasteiger partial charge in [-0.05, 0) is 48.7 Å². The number of nitrogens with one attached hydrogen (secondary N) is 1. The van der Waals surface area contributed by atoms with E-state index in [0.29, 0.717) is 10.6 Å². The van der Waals surface area contributed by atoms with Crippen molar-refractivity contribution >= 4 is 38.9 Å². The molecule has 1 aliphatic carbocycles. The first-order valence-corrected chi connectivity index (χ1v) is 12.8. The van der Waals surface area contributed by atoms with Crippen LogP contribution in [0.2, 0.25) is 5.02 Å². The van der Waals surface area contributed by atoms with Gasteiger partial charge in [-0.3, -0.25) is 9.59 Å². The lowest BCUT2D eigenvalue weighted by Crippen LogP contribution is -2.59. The Morgan fingerprint density at radius 1 is 1.18 bits per heavy atom. The number of nitrogens with two attached hydrogens (primary N) is 1. The molecule has 3 aliphatic rings. The van der Waals surface area contributed by atoms with Crippen LogP contribution in [0.25, 0.3) is 0 Å². The molecule has 1 saturated heterocycles. The second-order valence-corrected chi connectivity index (χ2v) is 11.6. The van der Waals surface area contributed by atoms with Crippen molar-refractivity contribution in [3.05, 3.63) is 58.6 Å². The number of rotatable bonds is 4. The molecule has 10 heteroatoms. The van der Waals surface area contributed by atoms with Gasteiger partial charge in [0, 0.05) is 22.0 Å². The van der Waals surface area contributed by atoms with Crippen molar-refractivity contribution in [2.45, 2.75) is 36.4 Å². The molecule has 1 atom stereocenters. The third kappa shape index (κ3) is 4.14. The van der Waals surface area contributed by atoms with E-state index in [1.165, 1.54) is 23.1 Å². The van der Waals surface area contributed by atoms with E-state index >= 15 is 0 Å². The van der Waals surface area contributed by atoms with Gasteiger partial charge in [-0.25, -0.2) is 8.42 Å². The SMILES string of the molecule is N[C@H]1CS(=O)(=O)c2ccc(C(=O)NC3CC4(COC4)C3)cc2N(Cc2ccc(Cl)cc2)C1=O. The highest BCUT2D eigenvalue weighted by Crippen LogP contribution is 2.47. The maximum Gasteiger partial charge on any atom is 0.251 e. The predicted octanol–water partition coefficient (Wildman–Crippen LogP) is 1.90. The minimum absolute atomic E-state index is 0.0106. The van der Waals surface area contributed by atoms with Crippen molar-refractivity contribution in [1.82, 2.24) is 5.32 Å². The van der Waals surface area contributed by atoms with Crippen molar-refractivity contribution in [3.8, 4) is 0 Å². The predicted molar refractivity (Wildman–Crippen MR) is 123 cm³/mol. The van der Waals surface area contributed by atoms with Crippen LogP contribution in [0.3, 0.4) is 0 Å². The highest BCUT2D eigenvalue weighted by atomic mass is 35.5. The molecule has 3 N–H and O–H groups in total. The minimum atomic E-state index is -3.82. The highest BCUT2D eigenvalue weighted by molar-refractivity contribution is 7.91. The Kier molecular flexibility index (Phi) is 5.48. The third-order valence-corrected chi connectivity index (χ3v) is 8.66. The van der Waals surface area contributed by atoms with Crippen LogP contribution in [0.4, 0.5) is 5.69 Å². The molecule has 2 heterocycles. The van der Waals surface area contributed by atoms with Crippen LogP contribution in [0, 0.1) is 5.41 Å². The Bertz CT molecular complexity index is 1220. The molecule has 1 spiro atoms. The lowest BCUT2D eigenvalue weighted by Gasteiger charge is -2.53. The molecule has 2 aromatic carbocycles. The quantitative estimate of drug-likeness (QED) is 0.677. The molecule has 0 aromatic heterocycles. The largest absolute Gasteiger partial charge is 0.380 e. The second kappa shape index (κ2) is 8.09. The first-order valence-electron chi connectivity index (χ1n) is 10.7. The lowest BCUT2D eigenvalue weighted by molar-refractivity contribution is -0.165. The van der Waals surface area contributed by atoms with Crippen LogP contribution < -0.4 is 16.0 Å².